The number of hydrogen-bond acceptors (Lipinski definition) is 2. The fourth-order valence-corrected chi connectivity index (χ4v) is 2.46. The van der Waals surface area contributed by atoms with Crippen molar-refractivity contribution in [1.82, 2.24) is 5.32 Å². The lowest BCUT2D eigenvalue weighted by Gasteiger charge is -2.19. The second-order valence-electron chi connectivity index (χ2n) is 3.95. The van der Waals surface area contributed by atoms with E-state index in [1.54, 1.807) is 0 Å². The van der Waals surface area contributed by atoms with Crippen LogP contribution in [0, 0.1) is 0 Å². The maximum Gasteiger partial charge on any atom is 0.0158 e. The van der Waals surface area contributed by atoms with Crippen LogP contribution >= 0.6 is 11.8 Å². The summed E-state index contributed by atoms with van der Waals surface area (Å²) in [7, 11) is 0. The third-order valence-corrected chi connectivity index (χ3v) is 4.05. The van der Waals surface area contributed by atoms with Gasteiger partial charge in [-0.2, -0.15) is 11.8 Å². The molecule has 2 heteroatoms. The number of hydrogen-bond donors (Lipinski definition) is 1. The second kappa shape index (κ2) is 9.85. The Morgan fingerprint density at radius 3 is 2.43 bits per heavy atom. The van der Waals surface area contributed by atoms with Gasteiger partial charge in [-0.1, -0.05) is 40.5 Å². The van der Waals surface area contributed by atoms with Crippen LogP contribution in [0.3, 0.4) is 0 Å². The van der Waals surface area contributed by atoms with Gasteiger partial charge < -0.3 is 5.32 Å². The molecule has 0 aromatic heterocycles. The number of nitrogens with one attached hydrogen (secondary N) is 1. The van der Waals surface area contributed by atoms with Gasteiger partial charge in [0.1, 0.15) is 0 Å². The maximum atomic E-state index is 3.58. The van der Waals surface area contributed by atoms with Gasteiger partial charge in [0.05, 0.1) is 0 Å². The molecule has 1 N–H and O–H groups in total. The molecular formula is C12H27NS. The van der Waals surface area contributed by atoms with Crippen LogP contribution in [0.2, 0.25) is 0 Å². The molecule has 86 valence electrons. The monoisotopic (exact) mass is 217 g/mol. The molecule has 0 aromatic carbocycles. The van der Waals surface area contributed by atoms with Crippen molar-refractivity contribution in [2.24, 2.45) is 0 Å². The molecule has 0 saturated carbocycles. The maximum absolute atomic E-state index is 3.58. The molecule has 0 radical (unpaired) electrons. The van der Waals surface area contributed by atoms with Gasteiger partial charge in [-0.05, 0) is 19.4 Å². The minimum Gasteiger partial charge on any atom is -0.313 e. The molecule has 0 saturated heterocycles. The standard InChI is InChI=1S/C12H27NS/c1-5-8-9-12(13-7-3)10-14-11(4)6-2/h11-13H,5-10H2,1-4H3. The molecule has 0 heterocycles. The van der Waals surface area contributed by atoms with Gasteiger partial charge in [0.2, 0.25) is 0 Å². The zero-order chi connectivity index (χ0) is 10.8. The van der Waals surface area contributed by atoms with E-state index in [1.165, 1.54) is 31.4 Å². The first-order chi connectivity index (χ1) is 6.74. The highest BCUT2D eigenvalue weighted by Crippen LogP contribution is 2.16. The fourth-order valence-electron chi connectivity index (χ4n) is 1.38. The van der Waals surface area contributed by atoms with Gasteiger partial charge in [-0.25, -0.2) is 0 Å². The fraction of sp³-hybridized carbons (Fsp3) is 1.00. The Morgan fingerprint density at radius 1 is 1.21 bits per heavy atom. The van der Waals surface area contributed by atoms with E-state index in [2.05, 4.69) is 44.8 Å². The van der Waals surface area contributed by atoms with Crippen molar-refractivity contribution in [3.63, 3.8) is 0 Å². The molecule has 2 unspecified atom stereocenters. The molecule has 1 nitrogen and oxygen atoms in total. The van der Waals surface area contributed by atoms with Crippen molar-refractivity contribution in [2.75, 3.05) is 12.3 Å². The van der Waals surface area contributed by atoms with E-state index in [4.69, 9.17) is 0 Å². The third kappa shape index (κ3) is 7.69. The van der Waals surface area contributed by atoms with Crippen LogP contribution in [0.4, 0.5) is 0 Å². The summed E-state index contributed by atoms with van der Waals surface area (Å²) in [6.07, 6.45) is 5.31. The Morgan fingerprint density at radius 2 is 1.93 bits per heavy atom. The van der Waals surface area contributed by atoms with E-state index < -0.39 is 0 Å². The van der Waals surface area contributed by atoms with Crippen molar-refractivity contribution >= 4 is 11.8 Å². The molecule has 2 atom stereocenters. The summed E-state index contributed by atoms with van der Waals surface area (Å²) >= 11 is 2.11. The third-order valence-electron chi connectivity index (χ3n) is 2.56. The normalized spacial score (nSPS) is 15.4. The van der Waals surface area contributed by atoms with Crippen molar-refractivity contribution in [1.29, 1.82) is 0 Å². The molecular weight excluding hydrogens is 190 g/mol. The van der Waals surface area contributed by atoms with Crippen LogP contribution in [0.25, 0.3) is 0 Å². The van der Waals surface area contributed by atoms with Gasteiger partial charge in [0, 0.05) is 17.0 Å². The van der Waals surface area contributed by atoms with Crippen molar-refractivity contribution < 1.29 is 0 Å². The summed E-state index contributed by atoms with van der Waals surface area (Å²) in [4.78, 5) is 0. The minimum atomic E-state index is 0.735. The number of thioether (sulfide) groups is 1. The Hall–Kier alpha value is 0.310. The van der Waals surface area contributed by atoms with Gasteiger partial charge >= 0.3 is 0 Å². The van der Waals surface area contributed by atoms with Crippen LogP contribution in [-0.2, 0) is 0 Å². The highest BCUT2D eigenvalue weighted by atomic mass is 32.2. The molecule has 14 heavy (non-hydrogen) atoms. The summed E-state index contributed by atoms with van der Waals surface area (Å²) in [5, 5.41) is 4.39. The largest absolute Gasteiger partial charge is 0.313 e. The minimum absolute atomic E-state index is 0.735. The molecule has 0 bridgehead atoms. The van der Waals surface area contributed by atoms with Gasteiger partial charge in [0.15, 0.2) is 0 Å². The molecule has 0 aliphatic rings. The van der Waals surface area contributed by atoms with E-state index in [-0.39, 0.29) is 0 Å². The van der Waals surface area contributed by atoms with E-state index in [9.17, 15) is 0 Å². The Balaban J connectivity index is 3.60. The average Bonchev–Trinajstić information content (AvgIpc) is 2.21. The van der Waals surface area contributed by atoms with Crippen LogP contribution in [0.15, 0.2) is 0 Å². The molecule has 0 rings (SSSR count). The molecule has 0 amide bonds. The van der Waals surface area contributed by atoms with E-state index in [1.807, 2.05) is 0 Å². The SMILES string of the molecule is CCCCC(CSC(C)CC)NCC. The van der Waals surface area contributed by atoms with Crippen molar-refractivity contribution in [3.8, 4) is 0 Å². The highest BCUT2D eigenvalue weighted by Gasteiger charge is 2.08. The summed E-state index contributed by atoms with van der Waals surface area (Å²) in [5.41, 5.74) is 0. The summed E-state index contributed by atoms with van der Waals surface area (Å²) in [6, 6.07) is 0.735. The van der Waals surface area contributed by atoms with Gasteiger partial charge in [0.25, 0.3) is 0 Å². The molecule has 0 aliphatic carbocycles. The first-order valence-electron chi connectivity index (χ1n) is 6.09. The Bertz CT molecular complexity index is 117. The zero-order valence-corrected chi connectivity index (χ0v) is 11.1. The van der Waals surface area contributed by atoms with Crippen LogP contribution in [0.1, 0.15) is 53.4 Å². The van der Waals surface area contributed by atoms with E-state index in [0.29, 0.717) is 0 Å². The quantitative estimate of drug-likeness (QED) is 0.632. The first kappa shape index (κ1) is 14.3. The topological polar surface area (TPSA) is 12.0 Å². The predicted molar refractivity (Wildman–Crippen MR) is 69.2 cm³/mol. The van der Waals surface area contributed by atoms with Crippen molar-refractivity contribution in [2.45, 2.75) is 64.7 Å². The highest BCUT2D eigenvalue weighted by molar-refractivity contribution is 7.99. The lowest BCUT2D eigenvalue weighted by atomic mass is 10.1. The summed E-state index contributed by atoms with van der Waals surface area (Å²) < 4.78 is 0. The number of rotatable bonds is 9. The predicted octanol–water partition coefficient (Wildman–Crippen LogP) is 3.69. The Labute approximate surface area is 94.4 Å². The Kier molecular flexibility index (Phi) is 10.1. The van der Waals surface area contributed by atoms with Crippen molar-refractivity contribution in [3.05, 3.63) is 0 Å². The smallest absolute Gasteiger partial charge is 0.0158 e. The summed E-state index contributed by atoms with van der Waals surface area (Å²) in [6.45, 7) is 10.2. The number of unbranched alkanes of at least 4 members (excludes halogenated alkanes) is 1. The van der Waals surface area contributed by atoms with E-state index >= 15 is 0 Å². The second-order valence-corrected chi connectivity index (χ2v) is 5.42. The average molecular weight is 217 g/mol. The molecule has 0 aliphatic heterocycles. The lowest BCUT2D eigenvalue weighted by Crippen LogP contribution is -2.31. The first-order valence-corrected chi connectivity index (χ1v) is 7.14. The summed E-state index contributed by atoms with van der Waals surface area (Å²) in [5.74, 6) is 1.28. The van der Waals surface area contributed by atoms with Crippen LogP contribution < -0.4 is 5.32 Å². The van der Waals surface area contributed by atoms with Gasteiger partial charge in [-0.3, -0.25) is 0 Å². The lowest BCUT2D eigenvalue weighted by molar-refractivity contribution is 0.515. The van der Waals surface area contributed by atoms with Crippen LogP contribution in [-0.4, -0.2) is 23.6 Å². The molecule has 0 fully saturated rings. The molecule has 0 spiro atoms. The van der Waals surface area contributed by atoms with E-state index in [0.717, 1.165) is 17.8 Å². The van der Waals surface area contributed by atoms with Crippen LogP contribution in [0.5, 0.6) is 0 Å². The molecule has 0 aromatic rings. The zero-order valence-electron chi connectivity index (χ0n) is 10.3. The van der Waals surface area contributed by atoms with Gasteiger partial charge in [-0.15, -0.1) is 0 Å².